The van der Waals surface area contributed by atoms with Gasteiger partial charge in [0, 0.05) is 12.1 Å². The number of halogens is 2. The van der Waals surface area contributed by atoms with Crippen molar-refractivity contribution in [2.75, 3.05) is 11.9 Å². The third-order valence-electron chi connectivity index (χ3n) is 3.58. The van der Waals surface area contributed by atoms with Crippen molar-refractivity contribution in [3.05, 3.63) is 33.9 Å². The maximum absolute atomic E-state index is 13.8. The van der Waals surface area contributed by atoms with Crippen LogP contribution < -0.4 is 11.1 Å². The van der Waals surface area contributed by atoms with E-state index in [0.717, 1.165) is 25.7 Å². The lowest BCUT2D eigenvalue weighted by Gasteiger charge is -2.30. The number of non-ortho nitro benzene ring substituents is 1. The van der Waals surface area contributed by atoms with Gasteiger partial charge in [0.2, 0.25) is 0 Å². The molecular formula is C12H15F2N3O2. The quantitative estimate of drug-likeness (QED) is 0.651. The average molecular weight is 271 g/mol. The van der Waals surface area contributed by atoms with Crippen LogP contribution in [0.3, 0.4) is 0 Å². The summed E-state index contributed by atoms with van der Waals surface area (Å²) in [4.78, 5) is 9.68. The zero-order valence-electron chi connectivity index (χ0n) is 10.3. The van der Waals surface area contributed by atoms with Gasteiger partial charge in [-0.1, -0.05) is 12.8 Å². The molecule has 0 unspecified atom stereocenters. The predicted octanol–water partition coefficient (Wildman–Crippen LogP) is 2.56. The Kier molecular flexibility index (Phi) is 3.66. The number of nitrogens with zero attached hydrogens (tertiary/aromatic N) is 1. The van der Waals surface area contributed by atoms with Gasteiger partial charge in [-0.25, -0.2) is 8.78 Å². The monoisotopic (exact) mass is 271 g/mol. The van der Waals surface area contributed by atoms with Crippen LogP contribution in [0.25, 0.3) is 0 Å². The molecule has 1 saturated carbocycles. The Bertz CT molecular complexity index is 479. The second-order valence-electron chi connectivity index (χ2n) is 4.86. The number of nitro benzene ring substituents is 1. The third-order valence-corrected chi connectivity index (χ3v) is 3.58. The Balaban J connectivity index is 2.32. The van der Waals surface area contributed by atoms with Gasteiger partial charge in [-0.3, -0.25) is 10.1 Å². The van der Waals surface area contributed by atoms with Crippen LogP contribution >= 0.6 is 0 Å². The second-order valence-corrected chi connectivity index (χ2v) is 4.86. The van der Waals surface area contributed by atoms with Crippen LogP contribution in [0.4, 0.5) is 20.2 Å². The summed E-state index contributed by atoms with van der Waals surface area (Å²) in [5, 5.41) is 13.3. The largest absolute Gasteiger partial charge is 0.374 e. The van der Waals surface area contributed by atoms with E-state index in [9.17, 15) is 18.9 Å². The molecule has 0 saturated heterocycles. The number of benzene rings is 1. The van der Waals surface area contributed by atoms with Crippen molar-refractivity contribution in [2.45, 2.75) is 31.2 Å². The first-order valence-corrected chi connectivity index (χ1v) is 6.09. The predicted molar refractivity (Wildman–Crippen MR) is 66.9 cm³/mol. The van der Waals surface area contributed by atoms with Crippen molar-refractivity contribution in [2.24, 2.45) is 5.73 Å². The molecule has 3 N–H and O–H groups in total. The Hall–Kier alpha value is -1.76. The van der Waals surface area contributed by atoms with E-state index in [1.807, 2.05) is 0 Å². The molecule has 0 bridgehead atoms. The van der Waals surface area contributed by atoms with E-state index in [1.165, 1.54) is 0 Å². The van der Waals surface area contributed by atoms with Crippen LogP contribution in [0.1, 0.15) is 25.7 Å². The first kappa shape index (κ1) is 13.7. The molecule has 7 heteroatoms. The minimum Gasteiger partial charge on any atom is -0.374 e. The first-order chi connectivity index (χ1) is 8.97. The van der Waals surface area contributed by atoms with Crippen LogP contribution in [0.5, 0.6) is 0 Å². The van der Waals surface area contributed by atoms with Gasteiger partial charge < -0.3 is 11.1 Å². The van der Waals surface area contributed by atoms with Gasteiger partial charge in [-0.05, 0) is 12.8 Å². The first-order valence-electron chi connectivity index (χ1n) is 6.09. The van der Waals surface area contributed by atoms with E-state index < -0.39 is 27.8 Å². The number of nitrogens with two attached hydrogens (primary N) is 1. The van der Waals surface area contributed by atoms with E-state index in [2.05, 4.69) is 5.32 Å². The van der Waals surface area contributed by atoms with Crippen molar-refractivity contribution < 1.29 is 13.7 Å². The molecule has 0 amide bonds. The second kappa shape index (κ2) is 5.08. The third kappa shape index (κ3) is 2.65. The Morgan fingerprint density at radius 3 is 2.26 bits per heavy atom. The zero-order valence-corrected chi connectivity index (χ0v) is 10.3. The number of hydrogen-bond donors (Lipinski definition) is 2. The zero-order chi connectivity index (χ0) is 14.0. The number of nitrogens with one attached hydrogen (secondary N) is 1. The fourth-order valence-electron chi connectivity index (χ4n) is 2.48. The Morgan fingerprint density at radius 2 is 1.84 bits per heavy atom. The highest BCUT2D eigenvalue weighted by atomic mass is 19.1. The maximum atomic E-state index is 13.8. The van der Waals surface area contributed by atoms with Gasteiger partial charge in [-0.15, -0.1) is 0 Å². The van der Waals surface area contributed by atoms with Crippen LogP contribution in [0.15, 0.2) is 12.1 Å². The summed E-state index contributed by atoms with van der Waals surface area (Å²) in [5.41, 5.74) is 4.23. The number of nitro groups is 1. The average Bonchev–Trinajstić information content (AvgIpc) is 2.83. The molecule has 0 heterocycles. The van der Waals surface area contributed by atoms with Crippen molar-refractivity contribution >= 4 is 11.4 Å². The lowest BCUT2D eigenvalue weighted by Crippen LogP contribution is -2.43. The highest BCUT2D eigenvalue weighted by Gasteiger charge is 2.34. The molecule has 0 aliphatic heterocycles. The highest BCUT2D eigenvalue weighted by molar-refractivity contribution is 5.53. The van der Waals surface area contributed by atoms with Crippen LogP contribution in [-0.4, -0.2) is 17.0 Å². The smallest absolute Gasteiger partial charge is 0.275 e. The molecule has 1 aromatic carbocycles. The molecule has 1 fully saturated rings. The fraction of sp³-hybridized carbons (Fsp3) is 0.500. The van der Waals surface area contributed by atoms with Crippen LogP contribution in [0, 0.1) is 21.7 Å². The van der Waals surface area contributed by atoms with Crippen molar-refractivity contribution in [1.29, 1.82) is 0 Å². The number of rotatable bonds is 4. The summed E-state index contributed by atoms with van der Waals surface area (Å²) < 4.78 is 27.6. The standard InChI is InChI=1S/C12H15F2N3O2/c13-9-5-8(17(18)19)6-10(14)11(9)16-12(7-15)3-1-2-4-12/h5-6,16H,1-4,7,15H2. The molecule has 19 heavy (non-hydrogen) atoms. The van der Waals surface area contributed by atoms with Gasteiger partial charge in [0.05, 0.1) is 17.1 Å². The molecule has 0 atom stereocenters. The van der Waals surface area contributed by atoms with Crippen molar-refractivity contribution in [1.82, 2.24) is 0 Å². The van der Waals surface area contributed by atoms with Gasteiger partial charge >= 0.3 is 0 Å². The molecule has 1 aliphatic carbocycles. The Morgan fingerprint density at radius 1 is 1.32 bits per heavy atom. The maximum Gasteiger partial charge on any atom is 0.275 e. The Labute approximate surface area is 108 Å². The fourth-order valence-corrected chi connectivity index (χ4v) is 2.48. The molecule has 104 valence electrons. The summed E-state index contributed by atoms with van der Waals surface area (Å²) >= 11 is 0. The number of hydrogen-bond acceptors (Lipinski definition) is 4. The van der Waals surface area contributed by atoms with Gasteiger partial charge in [0.25, 0.3) is 5.69 Å². The molecule has 2 rings (SSSR count). The summed E-state index contributed by atoms with van der Waals surface area (Å²) in [6, 6.07) is 1.43. The lowest BCUT2D eigenvalue weighted by atomic mass is 9.97. The number of anilines is 1. The molecule has 0 spiro atoms. The van der Waals surface area contributed by atoms with Crippen LogP contribution in [0.2, 0.25) is 0 Å². The van der Waals surface area contributed by atoms with Gasteiger partial charge in [-0.2, -0.15) is 0 Å². The molecule has 0 aromatic heterocycles. The van der Waals surface area contributed by atoms with Crippen molar-refractivity contribution in [3.8, 4) is 0 Å². The van der Waals surface area contributed by atoms with Crippen LogP contribution in [-0.2, 0) is 0 Å². The van der Waals surface area contributed by atoms with E-state index >= 15 is 0 Å². The van der Waals surface area contributed by atoms with E-state index in [-0.39, 0.29) is 12.2 Å². The van der Waals surface area contributed by atoms with Gasteiger partial charge in [0.15, 0.2) is 11.6 Å². The van der Waals surface area contributed by atoms with Gasteiger partial charge in [0.1, 0.15) is 5.69 Å². The van der Waals surface area contributed by atoms with E-state index in [0.29, 0.717) is 12.1 Å². The minimum atomic E-state index is -0.966. The molecule has 1 aliphatic rings. The molecule has 1 aromatic rings. The molecule has 0 radical (unpaired) electrons. The van der Waals surface area contributed by atoms with E-state index in [4.69, 9.17) is 5.73 Å². The van der Waals surface area contributed by atoms with E-state index in [1.54, 1.807) is 0 Å². The summed E-state index contributed by atoms with van der Waals surface area (Å²) in [7, 11) is 0. The summed E-state index contributed by atoms with van der Waals surface area (Å²) in [6.45, 7) is 0.267. The lowest BCUT2D eigenvalue weighted by molar-refractivity contribution is -0.385. The highest BCUT2D eigenvalue weighted by Crippen LogP contribution is 2.35. The molecule has 5 nitrogen and oxygen atoms in total. The minimum absolute atomic E-state index is 0.267. The summed E-state index contributed by atoms with van der Waals surface area (Å²) in [5.74, 6) is -1.93. The summed E-state index contributed by atoms with van der Waals surface area (Å²) in [6.07, 6.45) is 3.36. The normalized spacial score (nSPS) is 17.4. The topological polar surface area (TPSA) is 81.2 Å². The molecular weight excluding hydrogens is 256 g/mol. The SMILES string of the molecule is NCC1(Nc2c(F)cc([N+](=O)[O-])cc2F)CCCC1. The van der Waals surface area contributed by atoms with Crippen molar-refractivity contribution in [3.63, 3.8) is 0 Å².